The maximum Gasteiger partial charge on any atom is 0.246 e. The van der Waals surface area contributed by atoms with Gasteiger partial charge in [0.05, 0.1) is 11.0 Å². The molecule has 0 aliphatic carbocycles. The number of thioether (sulfide) groups is 1. The van der Waals surface area contributed by atoms with Crippen molar-refractivity contribution in [3.8, 4) is 0 Å². The third-order valence-electron chi connectivity index (χ3n) is 9.70. The number of rotatable bonds is 6. The number of hydrogen-bond acceptors (Lipinski definition) is 4. The third-order valence-corrected chi connectivity index (χ3v) is 10.7. The standard InChI is InChI=1S/C33H42N6S/c1-24(2)40-32(36-34-4)37-19-16-33(17-20-37,26-10-6-5-7-11-26)18-21-38-27-14-15-28(38)23-29(22-27)39-25(3)35-30-12-8-9-13-31(30)39/h5-13,24,27-29H,14-23H2,1-3H3/t27-,28+,29?. The van der Waals surface area contributed by atoms with Crippen LogP contribution in [0.5, 0.6) is 0 Å². The molecule has 1 aromatic heterocycles. The van der Waals surface area contributed by atoms with Gasteiger partial charge in [0.15, 0.2) is 0 Å². The molecule has 2 aromatic carbocycles. The van der Waals surface area contributed by atoms with Gasteiger partial charge in [-0.15, -0.1) is 4.95 Å². The van der Waals surface area contributed by atoms with E-state index in [4.69, 9.17) is 11.6 Å². The van der Waals surface area contributed by atoms with Crippen LogP contribution in [0, 0.1) is 13.5 Å². The van der Waals surface area contributed by atoms with Crippen LogP contribution in [0.4, 0.5) is 0 Å². The van der Waals surface area contributed by atoms with Crippen LogP contribution in [0.15, 0.2) is 59.7 Å². The highest BCUT2D eigenvalue weighted by Gasteiger charge is 2.44. The van der Waals surface area contributed by atoms with E-state index in [9.17, 15) is 0 Å². The van der Waals surface area contributed by atoms with Gasteiger partial charge in [0.25, 0.3) is 0 Å². The molecule has 0 N–H and O–H groups in total. The molecule has 0 saturated carbocycles. The number of para-hydroxylation sites is 2. The van der Waals surface area contributed by atoms with Crippen LogP contribution in [0.1, 0.15) is 76.2 Å². The normalized spacial score (nSPS) is 25.0. The van der Waals surface area contributed by atoms with Gasteiger partial charge in [-0.05, 0) is 81.5 Å². The van der Waals surface area contributed by atoms with Crippen molar-refractivity contribution in [2.45, 2.75) is 94.5 Å². The molecular weight excluding hydrogens is 512 g/mol. The number of benzene rings is 2. The minimum absolute atomic E-state index is 0.177. The Labute approximate surface area is 243 Å². The van der Waals surface area contributed by atoms with E-state index in [1.807, 2.05) is 0 Å². The van der Waals surface area contributed by atoms with E-state index in [1.54, 1.807) is 11.8 Å². The molecule has 7 heteroatoms. The van der Waals surface area contributed by atoms with Gasteiger partial charge in [-0.3, -0.25) is 4.90 Å². The Kier molecular flexibility index (Phi) is 7.92. The first-order valence-corrected chi connectivity index (χ1v) is 16.0. The first-order chi connectivity index (χ1) is 19.5. The highest BCUT2D eigenvalue weighted by Crippen LogP contribution is 2.45. The largest absolute Gasteiger partial charge is 0.345 e. The van der Waals surface area contributed by atoms with Gasteiger partial charge in [-0.2, -0.15) is 6.57 Å². The summed E-state index contributed by atoms with van der Waals surface area (Å²) in [5, 5.41) is 5.51. The fourth-order valence-corrected chi connectivity index (χ4v) is 8.65. The van der Waals surface area contributed by atoms with Crippen LogP contribution < -0.4 is 0 Å². The van der Waals surface area contributed by atoms with Crippen molar-refractivity contribution in [2.75, 3.05) is 19.6 Å². The quantitative estimate of drug-likeness (QED) is 0.139. The smallest absolute Gasteiger partial charge is 0.246 e. The summed E-state index contributed by atoms with van der Waals surface area (Å²) in [4.78, 5) is 13.5. The van der Waals surface area contributed by atoms with Crippen LogP contribution >= 0.6 is 11.8 Å². The average molecular weight is 555 g/mol. The first-order valence-electron chi connectivity index (χ1n) is 15.1. The number of aryl methyl sites for hydroxylation is 1. The van der Waals surface area contributed by atoms with E-state index >= 15 is 0 Å². The maximum atomic E-state index is 7.33. The second-order valence-electron chi connectivity index (χ2n) is 12.3. The number of fused-ring (bicyclic) bond motifs is 3. The number of aromatic nitrogens is 2. The molecule has 2 bridgehead atoms. The molecule has 0 spiro atoms. The molecule has 0 amide bonds. The lowest BCUT2D eigenvalue weighted by Gasteiger charge is -2.46. The third kappa shape index (κ3) is 5.29. The monoisotopic (exact) mass is 554 g/mol. The molecule has 0 radical (unpaired) electrons. The van der Waals surface area contributed by atoms with Crippen LogP contribution in [0.25, 0.3) is 16.0 Å². The van der Waals surface area contributed by atoms with E-state index in [0.29, 0.717) is 23.4 Å². The molecular formula is C33H42N6S. The Morgan fingerprint density at radius 1 is 1.02 bits per heavy atom. The Bertz CT molecular complexity index is 1370. The summed E-state index contributed by atoms with van der Waals surface area (Å²) in [7, 11) is 0. The zero-order chi connectivity index (χ0) is 27.7. The summed E-state index contributed by atoms with van der Waals surface area (Å²) >= 11 is 1.72. The van der Waals surface area contributed by atoms with Crippen molar-refractivity contribution in [3.63, 3.8) is 0 Å². The van der Waals surface area contributed by atoms with Gasteiger partial charge >= 0.3 is 0 Å². The van der Waals surface area contributed by atoms with Crippen LogP contribution in [-0.2, 0) is 5.41 Å². The van der Waals surface area contributed by atoms with Crippen molar-refractivity contribution in [1.29, 1.82) is 0 Å². The zero-order valence-electron chi connectivity index (χ0n) is 24.2. The predicted molar refractivity (Wildman–Crippen MR) is 167 cm³/mol. The van der Waals surface area contributed by atoms with E-state index in [-0.39, 0.29) is 5.41 Å². The van der Waals surface area contributed by atoms with Crippen molar-refractivity contribution >= 4 is 28.0 Å². The molecule has 3 aliphatic rings. The molecule has 3 fully saturated rings. The molecule has 6 nitrogen and oxygen atoms in total. The number of hydrogen-bond donors (Lipinski definition) is 0. The zero-order valence-corrected chi connectivity index (χ0v) is 25.0. The lowest BCUT2D eigenvalue weighted by molar-refractivity contribution is 0.0890. The second-order valence-corrected chi connectivity index (χ2v) is 13.8. The summed E-state index contributed by atoms with van der Waals surface area (Å²) < 4.78 is 2.54. The molecule has 4 heterocycles. The van der Waals surface area contributed by atoms with Gasteiger partial charge in [-0.25, -0.2) is 4.98 Å². The van der Waals surface area contributed by atoms with Gasteiger partial charge in [0.2, 0.25) is 5.17 Å². The lowest BCUT2D eigenvalue weighted by atomic mass is 9.70. The Morgan fingerprint density at radius 2 is 1.70 bits per heavy atom. The van der Waals surface area contributed by atoms with Crippen molar-refractivity contribution in [1.82, 2.24) is 19.4 Å². The topological polar surface area (TPSA) is 41.0 Å². The molecule has 6 rings (SSSR count). The average Bonchev–Trinajstić information content (AvgIpc) is 3.42. The lowest BCUT2D eigenvalue weighted by Crippen LogP contribution is -2.48. The Hall–Kier alpha value is -2.82. The number of nitrogens with zero attached hydrogens (tertiary/aromatic N) is 6. The summed E-state index contributed by atoms with van der Waals surface area (Å²) in [6, 6.07) is 21.8. The van der Waals surface area contributed by atoms with Gasteiger partial charge < -0.3 is 9.47 Å². The van der Waals surface area contributed by atoms with Gasteiger partial charge in [0, 0.05) is 36.5 Å². The van der Waals surface area contributed by atoms with Crippen LogP contribution in [0.3, 0.4) is 0 Å². The Morgan fingerprint density at radius 3 is 2.38 bits per heavy atom. The second kappa shape index (κ2) is 11.6. The minimum atomic E-state index is 0.177. The fourth-order valence-electron chi connectivity index (χ4n) is 7.81. The molecule has 1 unspecified atom stereocenters. The number of piperidine rings is 2. The highest BCUT2D eigenvalue weighted by atomic mass is 32.2. The van der Waals surface area contributed by atoms with Crippen molar-refractivity contribution < 1.29 is 0 Å². The molecule has 40 heavy (non-hydrogen) atoms. The van der Waals surface area contributed by atoms with Crippen LogP contribution in [-0.4, -0.2) is 61.5 Å². The minimum Gasteiger partial charge on any atom is -0.345 e. The summed E-state index contributed by atoms with van der Waals surface area (Å²) in [6.45, 7) is 17.0. The molecule has 210 valence electrons. The van der Waals surface area contributed by atoms with Crippen molar-refractivity contribution in [3.05, 3.63) is 77.5 Å². The number of imidazole rings is 1. The van der Waals surface area contributed by atoms with E-state index in [1.165, 1.54) is 49.7 Å². The van der Waals surface area contributed by atoms with E-state index in [0.717, 1.165) is 42.4 Å². The number of likely N-dealkylation sites (tertiary alicyclic amines) is 1. The van der Waals surface area contributed by atoms with Gasteiger partial charge in [0.1, 0.15) is 10.9 Å². The maximum absolute atomic E-state index is 7.33. The number of amidine groups is 1. The first kappa shape index (κ1) is 27.4. The summed E-state index contributed by atoms with van der Waals surface area (Å²) in [5.41, 5.74) is 4.08. The highest BCUT2D eigenvalue weighted by molar-refractivity contribution is 8.14. The summed E-state index contributed by atoms with van der Waals surface area (Å²) in [6.07, 6.45) is 8.52. The van der Waals surface area contributed by atoms with Gasteiger partial charge in [-0.1, -0.05) is 68.1 Å². The molecule has 3 aliphatic heterocycles. The fraction of sp³-hybridized carbons (Fsp3) is 0.545. The Balaban J connectivity index is 1.17. The van der Waals surface area contributed by atoms with Crippen LogP contribution in [0.2, 0.25) is 0 Å². The van der Waals surface area contributed by atoms with E-state index < -0.39 is 0 Å². The molecule has 3 saturated heterocycles. The predicted octanol–water partition coefficient (Wildman–Crippen LogP) is 7.27. The SMILES string of the molecule is [C-]#[N+]N=C(SC(C)C)N1CCC(CCN2[C@@H]3CC[C@H]2CC(n2c(C)nc4ccccc42)C3)(c2ccccc2)CC1. The van der Waals surface area contributed by atoms with Crippen molar-refractivity contribution in [2.24, 2.45) is 5.10 Å². The van der Waals surface area contributed by atoms with E-state index in [2.05, 4.69) is 99.8 Å². The summed E-state index contributed by atoms with van der Waals surface area (Å²) in [5.74, 6) is 1.16. The molecule has 3 atom stereocenters. The molecule has 3 aromatic rings.